The summed E-state index contributed by atoms with van der Waals surface area (Å²) >= 11 is 3.25. The van der Waals surface area contributed by atoms with Gasteiger partial charge in [-0.3, -0.25) is 20.4 Å². The van der Waals surface area contributed by atoms with Gasteiger partial charge in [0.05, 0.1) is 18.1 Å². The molecule has 1 aromatic rings. The van der Waals surface area contributed by atoms with Crippen LogP contribution in [0.2, 0.25) is 0 Å². The number of nitrogens with one attached hydrogen (secondary N) is 2. The fraction of sp³-hybridized carbons (Fsp3) is 0.385. The molecule has 0 aliphatic carbocycles. The zero-order valence-corrected chi connectivity index (χ0v) is 12.4. The van der Waals surface area contributed by atoms with E-state index in [2.05, 4.69) is 26.8 Å². The molecule has 19 heavy (non-hydrogen) atoms. The van der Waals surface area contributed by atoms with E-state index in [-0.39, 0.29) is 12.3 Å². The molecule has 104 valence electrons. The third kappa shape index (κ3) is 5.00. The predicted molar refractivity (Wildman–Crippen MR) is 75.2 cm³/mol. The maximum atomic E-state index is 11.8. The minimum atomic E-state index is -0.722. The van der Waals surface area contributed by atoms with Gasteiger partial charge in [0.15, 0.2) is 0 Å². The second-order valence-corrected chi connectivity index (χ2v) is 5.35. The van der Waals surface area contributed by atoms with Crippen LogP contribution in [-0.4, -0.2) is 23.0 Å². The fourth-order valence-electron chi connectivity index (χ4n) is 1.32. The predicted octanol–water partition coefficient (Wildman–Crippen LogP) is 1.62. The second-order valence-electron chi connectivity index (χ2n) is 4.50. The molecule has 0 spiro atoms. The molecule has 0 saturated carbocycles. The van der Waals surface area contributed by atoms with Crippen molar-refractivity contribution in [1.29, 1.82) is 0 Å². The van der Waals surface area contributed by atoms with Crippen LogP contribution in [0.15, 0.2) is 28.7 Å². The summed E-state index contributed by atoms with van der Waals surface area (Å²) in [4.78, 5) is 23.3. The number of rotatable bonds is 4. The molecule has 0 fully saturated rings. The Balaban J connectivity index is 2.47. The Labute approximate surface area is 120 Å². The molecule has 0 bridgehead atoms. The van der Waals surface area contributed by atoms with Gasteiger partial charge in [0, 0.05) is 4.47 Å². The van der Waals surface area contributed by atoms with Crippen LogP contribution in [0.5, 0.6) is 0 Å². The smallest absolute Gasteiger partial charge is 0.270 e. The maximum absolute atomic E-state index is 11.8. The Morgan fingerprint density at radius 3 is 2.47 bits per heavy atom. The summed E-state index contributed by atoms with van der Waals surface area (Å²) in [7, 11) is 0. The molecule has 1 rings (SSSR count). The van der Waals surface area contributed by atoms with Gasteiger partial charge < -0.3 is 5.11 Å². The zero-order chi connectivity index (χ0) is 14.4. The largest absolute Gasteiger partial charge is 0.392 e. The number of hydrogen-bond donors (Lipinski definition) is 3. The fourth-order valence-corrected chi connectivity index (χ4v) is 1.78. The van der Waals surface area contributed by atoms with Crippen LogP contribution in [0.4, 0.5) is 0 Å². The molecule has 6 heteroatoms. The van der Waals surface area contributed by atoms with Gasteiger partial charge in [-0.05, 0) is 34.0 Å². The number of aliphatic hydroxyl groups excluding tert-OH is 1. The van der Waals surface area contributed by atoms with Gasteiger partial charge in [0.2, 0.25) is 5.91 Å². The van der Waals surface area contributed by atoms with E-state index in [9.17, 15) is 14.7 Å². The van der Waals surface area contributed by atoms with Crippen LogP contribution >= 0.6 is 15.9 Å². The van der Waals surface area contributed by atoms with Crippen LogP contribution in [0, 0.1) is 5.92 Å². The molecule has 5 nitrogen and oxygen atoms in total. The van der Waals surface area contributed by atoms with Crippen molar-refractivity contribution in [2.75, 3.05) is 0 Å². The number of benzene rings is 1. The molecule has 2 amide bonds. The van der Waals surface area contributed by atoms with E-state index >= 15 is 0 Å². The average molecular weight is 329 g/mol. The van der Waals surface area contributed by atoms with E-state index in [1.54, 1.807) is 24.3 Å². The van der Waals surface area contributed by atoms with Crippen LogP contribution < -0.4 is 10.9 Å². The Kier molecular flexibility index (Phi) is 5.98. The van der Waals surface area contributed by atoms with Crippen LogP contribution in [0.3, 0.4) is 0 Å². The normalized spacial score (nSPS) is 12.1. The van der Waals surface area contributed by atoms with Crippen molar-refractivity contribution in [3.05, 3.63) is 34.3 Å². The first-order valence-corrected chi connectivity index (χ1v) is 6.73. The van der Waals surface area contributed by atoms with E-state index in [1.807, 2.05) is 13.8 Å². The lowest BCUT2D eigenvalue weighted by molar-refractivity contribution is -0.124. The van der Waals surface area contributed by atoms with Gasteiger partial charge in [-0.1, -0.05) is 26.0 Å². The van der Waals surface area contributed by atoms with Crippen LogP contribution in [-0.2, 0) is 4.79 Å². The molecule has 0 radical (unpaired) electrons. The van der Waals surface area contributed by atoms with E-state index in [0.29, 0.717) is 10.0 Å². The number of hydrazine groups is 1. The van der Waals surface area contributed by atoms with Crippen LogP contribution in [0.25, 0.3) is 0 Å². The third-order valence-corrected chi connectivity index (χ3v) is 3.29. The number of halogens is 1. The highest BCUT2D eigenvalue weighted by Gasteiger charge is 2.15. The summed E-state index contributed by atoms with van der Waals surface area (Å²) in [6, 6.07) is 6.89. The molecule has 0 aromatic heterocycles. The molecule has 0 saturated heterocycles. The van der Waals surface area contributed by atoms with Crippen molar-refractivity contribution in [1.82, 2.24) is 10.9 Å². The highest BCUT2D eigenvalue weighted by molar-refractivity contribution is 9.10. The molecule has 1 atom stereocenters. The SMILES string of the molecule is CC(C)C(O)CC(=O)NNC(=O)c1ccccc1Br. The highest BCUT2D eigenvalue weighted by Crippen LogP contribution is 2.15. The van der Waals surface area contributed by atoms with Crippen molar-refractivity contribution in [3.63, 3.8) is 0 Å². The monoisotopic (exact) mass is 328 g/mol. The molecule has 0 heterocycles. The second kappa shape index (κ2) is 7.25. The van der Waals surface area contributed by atoms with Gasteiger partial charge in [-0.2, -0.15) is 0 Å². The molecular weight excluding hydrogens is 312 g/mol. The minimum absolute atomic E-state index is 0.00952. The Morgan fingerprint density at radius 2 is 1.89 bits per heavy atom. The van der Waals surface area contributed by atoms with Crippen molar-refractivity contribution < 1.29 is 14.7 Å². The Bertz CT molecular complexity index is 463. The first kappa shape index (κ1) is 15.7. The summed E-state index contributed by atoms with van der Waals surface area (Å²) in [5.74, 6) is -0.855. The van der Waals surface area contributed by atoms with Gasteiger partial charge >= 0.3 is 0 Å². The molecule has 0 aliphatic rings. The third-order valence-electron chi connectivity index (χ3n) is 2.60. The molecule has 1 aromatic carbocycles. The zero-order valence-electron chi connectivity index (χ0n) is 10.8. The number of carbonyl (C=O) groups is 2. The summed E-state index contributed by atoms with van der Waals surface area (Å²) in [6.45, 7) is 3.63. The Morgan fingerprint density at radius 1 is 1.26 bits per heavy atom. The number of carbonyl (C=O) groups excluding carboxylic acids is 2. The number of hydrogen-bond acceptors (Lipinski definition) is 3. The molecular formula is C13H17BrN2O3. The lowest BCUT2D eigenvalue weighted by atomic mass is 10.0. The van der Waals surface area contributed by atoms with Crippen molar-refractivity contribution >= 4 is 27.7 Å². The van der Waals surface area contributed by atoms with E-state index in [1.165, 1.54) is 0 Å². The topological polar surface area (TPSA) is 78.4 Å². The Hall–Kier alpha value is -1.40. The lowest BCUT2D eigenvalue weighted by Gasteiger charge is -2.14. The van der Waals surface area contributed by atoms with Gasteiger partial charge in [-0.15, -0.1) is 0 Å². The minimum Gasteiger partial charge on any atom is -0.392 e. The summed E-state index contributed by atoms with van der Waals surface area (Å²) in [5, 5.41) is 9.54. The first-order valence-electron chi connectivity index (χ1n) is 5.93. The maximum Gasteiger partial charge on any atom is 0.270 e. The van der Waals surface area contributed by atoms with Crippen LogP contribution in [0.1, 0.15) is 30.6 Å². The van der Waals surface area contributed by atoms with Crippen molar-refractivity contribution in [3.8, 4) is 0 Å². The number of aliphatic hydroxyl groups is 1. The quantitative estimate of drug-likeness (QED) is 0.735. The summed E-state index contributed by atoms with van der Waals surface area (Å²) in [5.41, 5.74) is 5.00. The average Bonchev–Trinajstić information content (AvgIpc) is 2.36. The van der Waals surface area contributed by atoms with Crippen molar-refractivity contribution in [2.24, 2.45) is 5.92 Å². The standard InChI is InChI=1S/C13H17BrN2O3/c1-8(2)11(17)7-12(18)15-16-13(19)9-5-3-4-6-10(9)14/h3-6,8,11,17H,7H2,1-2H3,(H,15,18)(H,16,19). The highest BCUT2D eigenvalue weighted by atomic mass is 79.9. The first-order chi connectivity index (χ1) is 8.91. The van der Waals surface area contributed by atoms with E-state index in [0.717, 1.165) is 0 Å². The van der Waals surface area contributed by atoms with E-state index in [4.69, 9.17) is 0 Å². The van der Waals surface area contributed by atoms with E-state index < -0.39 is 17.9 Å². The van der Waals surface area contributed by atoms with Crippen molar-refractivity contribution in [2.45, 2.75) is 26.4 Å². The molecule has 1 unspecified atom stereocenters. The molecule has 0 aliphatic heterocycles. The van der Waals surface area contributed by atoms with Gasteiger partial charge in [-0.25, -0.2) is 0 Å². The summed E-state index contributed by atoms with van der Waals surface area (Å²) < 4.78 is 0.643. The lowest BCUT2D eigenvalue weighted by Crippen LogP contribution is -2.43. The van der Waals surface area contributed by atoms with Gasteiger partial charge in [0.25, 0.3) is 5.91 Å². The number of amides is 2. The molecule has 3 N–H and O–H groups in total. The summed E-state index contributed by atoms with van der Waals surface area (Å²) in [6.07, 6.45) is -0.770. The van der Waals surface area contributed by atoms with Gasteiger partial charge in [0.1, 0.15) is 0 Å².